The van der Waals surface area contributed by atoms with Crippen molar-refractivity contribution in [3.8, 4) is 11.5 Å². The minimum atomic E-state index is -1.91. The molecule has 0 bridgehead atoms. The Morgan fingerprint density at radius 2 is 1.68 bits per heavy atom. The highest BCUT2D eigenvalue weighted by Gasteiger charge is 2.54. The number of rotatable bonds is 6. The maximum Gasteiger partial charge on any atom is 0.192 e. The highest BCUT2D eigenvalue weighted by atomic mass is 28.4. The molecule has 190 valence electrons. The lowest BCUT2D eigenvalue weighted by atomic mass is 9.49. The van der Waals surface area contributed by atoms with Crippen LogP contribution in [0.2, 0.25) is 18.1 Å². The van der Waals surface area contributed by atoms with Gasteiger partial charge in [0.05, 0.1) is 19.8 Å². The molecule has 0 saturated heterocycles. The molecule has 0 N–H and O–H groups in total. The van der Waals surface area contributed by atoms with E-state index in [1.165, 1.54) is 30.4 Å². The summed E-state index contributed by atoms with van der Waals surface area (Å²) in [7, 11) is 1.58. The lowest BCUT2D eigenvalue weighted by Gasteiger charge is -2.57. The van der Waals surface area contributed by atoms with Crippen LogP contribution in [-0.4, -0.2) is 29.1 Å². The van der Waals surface area contributed by atoms with Crippen LogP contribution >= 0.6 is 0 Å². The Bertz CT molecular complexity index is 925. The third-order valence-electron chi connectivity index (χ3n) is 9.18. The second-order valence-electron chi connectivity index (χ2n) is 12.9. The molecule has 0 unspecified atom stereocenters. The number of hydrogen-bond donors (Lipinski definition) is 0. The van der Waals surface area contributed by atoms with E-state index in [2.05, 4.69) is 79.4 Å². The maximum absolute atomic E-state index is 7.03. The molecule has 2 aliphatic rings. The Labute approximate surface area is 210 Å². The summed E-state index contributed by atoms with van der Waals surface area (Å²) >= 11 is 0. The van der Waals surface area contributed by atoms with Crippen LogP contribution < -0.4 is 9.47 Å². The first-order valence-corrected chi connectivity index (χ1v) is 15.9. The molecule has 0 heterocycles. The van der Waals surface area contributed by atoms with Crippen molar-refractivity contribution in [2.45, 2.75) is 91.8 Å². The number of benzene rings is 1. The Morgan fingerprint density at radius 1 is 1.09 bits per heavy atom. The smallest absolute Gasteiger partial charge is 0.192 e. The second-order valence-corrected chi connectivity index (χ2v) is 17.7. The first kappa shape index (κ1) is 27.1. The van der Waals surface area contributed by atoms with E-state index in [9.17, 15) is 0 Å². The molecule has 0 aliphatic heterocycles. The molecular formula is C30H48O3Si. The topological polar surface area (TPSA) is 27.7 Å². The fourth-order valence-corrected chi connectivity index (χ4v) is 7.18. The molecular weight excluding hydrogens is 436 g/mol. The summed E-state index contributed by atoms with van der Waals surface area (Å²) in [5.74, 6) is 2.28. The number of fused-ring (bicyclic) bond motifs is 1. The van der Waals surface area contributed by atoms with Crippen molar-refractivity contribution in [3.63, 3.8) is 0 Å². The van der Waals surface area contributed by atoms with Gasteiger partial charge in [0, 0.05) is 12.0 Å². The van der Waals surface area contributed by atoms with E-state index in [1.807, 2.05) is 0 Å². The highest BCUT2D eigenvalue weighted by molar-refractivity contribution is 6.74. The van der Waals surface area contributed by atoms with Gasteiger partial charge in [0.1, 0.15) is 11.5 Å². The predicted molar refractivity (Wildman–Crippen MR) is 147 cm³/mol. The van der Waals surface area contributed by atoms with Crippen molar-refractivity contribution < 1.29 is 13.9 Å². The normalized spacial score (nSPS) is 26.4. The molecule has 4 heteroatoms. The van der Waals surface area contributed by atoms with Gasteiger partial charge in [-0.3, -0.25) is 0 Å². The quantitative estimate of drug-likeness (QED) is 0.378. The molecule has 0 amide bonds. The molecule has 2 aliphatic carbocycles. The molecule has 3 rings (SSSR count). The highest BCUT2D eigenvalue weighted by Crippen LogP contribution is 2.62. The lowest BCUT2D eigenvalue weighted by Crippen LogP contribution is -2.53. The van der Waals surface area contributed by atoms with Crippen molar-refractivity contribution in [3.05, 3.63) is 41.0 Å². The summed E-state index contributed by atoms with van der Waals surface area (Å²) in [6.07, 6.45) is 8.21. The SMILES string of the molecule is C=C1CC[C@H]2C(C)(C)CCC[C@@]2(CO[Si](C)(C)C(C)(C)C)/C1=C/c1c(OC)cc(C)cc1OC. The molecule has 0 radical (unpaired) electrons. The fourth-order valence-electron chi connectivity index (χ4n) is 6.13. The van der Waals surface area contributed by atoms with Gasteiger partial charge in [-0.15, -0.1) is 0 Å². The van der Waals surface area contributed by atoms with Gasteiger partial charge < -0.3 is 13.9 Å². The van der Waals surface area contributed by atoms with Gasteiger partial charge in [0.25, 0.3) is 0 Å². The molecule has 0 spiro atoms. The van der Waals surface area contributed by atoms with Gasteiger partial charge in [-0.05, 0) is 91.4 Å². The van der Waals surface area contributed by atoms with E-state index >= 15 is 0 Å². The Balaban J connectivity index is 2.20. The van der Waals surface area contributed by atoms with Crippen molar-refractivity contribution in [2.24, 2.45) is 16.7 Å². The third-order valence-corrected chi connectivity index (χ3v) is 13.7. The molecule has 3 nitrogen and oxygen atoms in total. The molecule has 2 atom stereocenters. The molecule has 2 fully saturated rings. The number of allylic oxidation sites excluding steroid dienone is 1. The maximum atomic E-state index is 7.03. The summed E-state index contributed by atoms with van der Waals surface area (Å²) in [5, 5.41) is 0.183. The molecule has 1 aromatic carbocycles. The lowest BCUT2D eigenvalue weighted by molar-refractivity contribution is -0.0302. The van der Waals surface area contributed by atoms with E-state index in [1.54, 1.807) is 14.2 Å². The fraction of sp³-hybridized carbons (Fsp3) is 0.667. The van der Waals surface area contributed by atoms with Crippen LogP contribution in [0.15, 0.2) is 29.9 Å². The van der Waals surface area contributed by atoms with Crippen molar-refractivity contribution in [1.29, 1.82) is 0 Å². The van der Waals surface area contributed by atoms with Gasteiger partial charge in [-0.25, -0.2) is 0 Å². The molecule has 34 heavy (non-hydrogen) atoms. The van der Waals surface area contributed by atoms with Crippen molar-refractivity contribution in [2.75, 3.05) is 20.8 Å². The van der Waals surface area contributed by atoms with Crippen LogP contribution in [0.5, 0.6) is 11.5 Å². The minimum Gasteiger partial charge on any atom is -0.496 e. The summed E-state index contributed by atoms with van der Waals surface area (Å²) in [5.41, 5.74) is 4.99. The van der Waals surface area contributed by atoms with Gasteiger partial charge >= 0.3 is 0 Å². The summed E-state index contributed by atoms with van der Waals surface area (Å²) in [6.45, 7) is 24.1. The summed E-state index contributed by atoms with van der Waals surface area (Å²) in [6, 6.07) is 4.20. The van der Waals surface area contributed by atoms with E-state index in [0.717, 1.165) is 42.1 Å². The zero-order chi connectivity index (χ0) is 25.5. The largest absolute Gasteiger partial charge is 0.496 e. The van der Waals surface area contributed by atoms with Crippen LogP contribution in [0, 0.1) is 23.7 Å². The number of hydrogen-bond acceptors (Lipinski definition) is 3. The Kier molecular flexibility index (Phi) is 7.56. The van der Waals surface area contributed by atoms with Crippen LogP contribution in [0.3, 0.4) is 0 Å². The minimum absolute atomic E-state index is 0.0342. The number of methoxy groups -OCH3 is 2. The number of ether oxygens (including phenoxy) is 2. The van der Waals surface area contributed by atoms with Gasteiger partial charge in [0.2, 0.25) is 0 Å². The summed E-state index contributed by atoms with van der Waals surface area (Å²) in [4.78, 5) is 0. The van der Waals surface area contributed by atoms with E-state index in [4.69, 9.17) is 13.9 Å². The van der Waals surface area contributed by atoms with E-state index in [-0.39, 0.29) is 15.9 Å². The molecule has 0 aromatic heterocycles. The van der Waals surface area contributed by atoms with E-state index in [0.29, 0.717) is 5.92 Å². The predicted octanol–water partition coefficient (Wildman–Crippen LogP) is 8.58. The van der Waals surface area contributed by atoms with Crippen LogP contribution in [0.1, 0.15) is 77.8 Å². The van der Waals surface area contributed by atoms with Crippen LogP contribution in [0.25, 0.3) is 6.08 Å². The monoisotopic (exact) mass is 484 g/mol. The van der Waals surface area contributed by atoms with Crippen LogP contribution in [-0.2, 0) is 4.43 Å². The zero-order valence-corrected chi connectivity index (χ0v) is 24.5. The number of aryl methyl sites for hydroxylation is 1. The van der Waals surface area contributed by atoms with E-state index < -0.39 is 8.32 Å². The average molecular weight is 485 g/mol. The van der Waals surface area contributed by atoms with Crippen molar-refractivity contribution in [1.82, 2.24) is 0 Å². The average Bonchev–Trinajstić information content (AvgIpc) is 2.73. The van der Waals surface area contributed by atoms with Gasteiger partial charge in [-0.2, -0.15) is 0 Å². The first-order chi connectivity index (χ1) is 15.7. The second kappa shape index (κ2) is 9.50. The van der Waals surface area contributed by atoms with Gasteiger partial charge in [-0.1, -0.05) is 53.2 Å². The van der Waals surface area contributed by atoms with Crippen LogP contribution in [0.4, 0.5) is 0 Å². The zero-order valence-electron chi connectivity index (χ0n) is 23.5. The third kappa shape index (κ3) is 4.90. The Hall–Kier alpha value is -1.52. The first-order valence-electron chi connectivity index (χ1n) is 13.0. The standard InChI is InChI=1S/C30H48O3Si/c1-21-17-25(31-8)23(26(18-21)32-9)19-24-22(2)13-14-27-29(6,7)15-12-16-30(24,27)20-33-34(10,11)28(3,4)5/h17-19,27H,2,12-16,20H2,1,3-11H3/b24-19+/t27-,30+/m0/s1. The van der Waals surface area contributed by atoms with Gasteiger partial charge in [0.15, 0.2) is 8.32 Å². The molecule has 1 aromatic rings. The summed E-state index contributed by atoms with van der Waals surface area (Å²) < 4.78 is 18.7. The van der Waals surface area contributed by atoms with Crippen molar-refractivity contribution >= 4 is 14.4 Å². The Morgan fingerprint density at radius 3 is 2.21 bits per heavy atom. The molecule has 2 saturated carbocycles.